The van der Waals surface area contributed by atoms with Crippen molar-refractivity contribution in [1.82, 2.24) is 4.90 Å². The second kappa shape index (κ2) is 7.14. The zero-order chi connectivity index (χ0) is 19.0. The molecule has 1 fully saturated rings. The molecule has 134 valence electrons. The molecule has 1 amide bonds. The number of likely N-dealkylation sites (N-methyl/N-ethyl adjacent to an activating group) is 1. The van der Waals surface area contributed by atoms with Crippen molar-refractivity contribution in [3.05, 3.63) is 55.1 Å². The lowest BCUT2D eigenvalue weighted by Gasteiger charge is -2.04. The van der Waals surface area contributed by atoms with Crippen LogP contribution in [0.15, 0.2) is 38.6 Å². The number of nitro groups is 1. The van der Waals surface area contributed by atoms with E-state index in [-0.39, 0.29) is 21.6 Å². The average Bonchev–Trinajstić information content (AvgIpc) is 3.14. The van der Waals surface area contributed by atoms with Gasteiger partial charge in [0.25, 0.3) is 11.6 Å². The third-order valence-electron chi connectivity index (χ3n) is 3.59. The largest absolute Gasteiger partial charge is 0.457 e. The lowest BCUT2D eigenvalue weighted by Crippen LogP contribution is -2.23. The average molecular weight is 412 g/mol. The molecule has 0 N–H and O–H groups in total. The first kappa shape index (κ1) is 18.5. The van der Waals surface area contributed by atoms with E-state index in [9.17, 15) is 14.9 Å². The third kappa shape index (κ3) is 3.35. The molecule has 3 rings (SSSR count). The molecular formula is C16H11Cl2N3O4S. The molecule has 0 atom stereocenters. The summed E-state index contributed by atoms with van der Waals surface area (Å²) in [5.41, 5.74) is 0.0695. The lowest BCUT2D eigenvalue weighted by molar-refractivity contribution is -0.384. The van der Waals surface area contributed by atoms with Crippen molar-refractivity contribution in [2.45, 2.75) is 0 Å². The summed E-state index contributed by atoms with van der Waals surface area (Å²) in [7, 11) is 3.24. The molecule has 7 nitrogen and oxygen atoms in total. The molecule has 0 spiro atoms. The quantitative estimate of drug-likeness (QED) is 0.415. The summed E-state index contributed by atoms with van der Waals surface area (Å²) in [4.78, 5) is 28.6. The van der Waals surface area contributed by atoms with Gasteiger partial charge >= 0.3 is 0 Å². The number of amidine groups is 1. The molecular weight excluding hydrogens is 401 g/mol. The molecule has 1 aromatic carbocycles. The van der Waals surface area contributed by atoms with E-state index < -0.39 is 4.92 Å². The minimum absolute atomic E-state index is 0.0555. The summed E-state index contributed by atoms with van der Waals surface area (Å²) >= 11 is 13.2. The van der Waals surface area contributed by atoms with Crippen molar-refractivity contribution < 1.29 is 14.1 Å². The maximum absolute atomic E-state index is 12.2. The van der Waals surface area contributed by atoms with Gasteiger partial charge in [0.15, 0.2) is 5.17 Å². The number of halogens is 2. The van der Waals surface area contributed by atoms with Crippen molar-refractivity contribution in [2.24, 2.45) is 4.99 Å². The highest BCUT2D eigenvalue weighted by molar-refractivity contribution is 8.18. The number of nitrogens with zero attached hydrogens (tertiary/aromatic N) is 3. The molecule has 0 unspecified atom stereocenters. The first-order valence-electron chi connectivity index (χ1n) is 7.20. The highest BCUT2D eigenvalue weighted by Crippen LogP contribution is 2.38. The highest BCUT2D eigenvalue weighted by Gasteiger charge is 2.30. The number of carbonyl (C=O) groups excluding carboxylic acids is 1. The van der Waals surface area contributed by atoms with Crippen molar-refractivity contribution in [2.75, 3.05) is 14.1 Å². The molecule has 2 heterocycles. The Morgan fingerprint density at radius 2 is 2.04 bits per heavy atom. The lowest BCUT2D eigenvalue weighted by atomic mass is 10.1. The molecule has 26 heavy (non-hydrogen) atoms. The van der Waals surface area contributed by atoms with Gasteiger partial charge < -0.3 is 4.42 Å². The van der Waals surface area contributed by atoms with Crippen LogP contribution in [0.3, 0.4) is 0 Å². The Labute approximate surface area is 162 Å². The SMILES string of the molecule is CN=C1S/C(=C\c2ccc(-c3cc([N+](=O)[O-])c(Cl)cc3Cl)o2)C(=O)N1C. The van der Waals surface area contributed by atoms with Crippen molar-refractivity contribution >= 4 is 57.8 Å². The number of aliphatic imine (C=N–C) groups is 1. The van der Waals surface area contributed by atoms with Gasteiger partial charge in [0.1, 0.15) is 16.5 Å². The Bertz CT molecular complexity index is 984. The standard InChI is InChI=1S/C16H11Cl2N3O4S/c1-19-16-20(2)15(22)14(26-16)5-8-3-4-13(25-8)9-6-12(21(23)24)11(18)7-10(9)17/h3-7H,1-2H3/b14-5-,19-16?. The van der Waals surface area contributed by atoms with Gasteiger partial charge in [0.2, 0.25) is 0 Å². The molecule has 10 heteroatoms. The van der Waals surface area contributed by atoms with Crippen LogP contribution in [0, 0.1) is 10.1 Å². The minimum atomic E-state index is -0.594. The summed E-state index contributed by atoms with van der Waals surface area (Å²) in [6, 6.07) is 5.82. The normalized spacial score (nSPS) is 17.5. The zero-order valence-corrected chi connectivity index (χ0v) is 15.9. The number of furan rings is 1. The van der Waals surface area contributed by atoms with E-state index in [1.54, 1.807) is 32.3 Å². The summed E-state index contributed by atoms with van der Waals surface area (Å²) in [5, 5.41) is 11.8. The van der Waals surface area contributed by atoms with Gasteiger partial charge in [-0.05, 0) is 30.0 Å². The fourth-order valence-electron chi connectivity index (χ4n) is 2.32. The summed E-state index contributed by atoms with van der Waals surface area (Å²) < 4.78 is 5.69. The third-order valence-corrected chi connectivity index (χ3v) is 5.36. The van der Waals surface area contributed by atoms with Crippen molar-refractivity contribution in [1.29, 1.82) is 0 Å². The van der Waals surface area contributed by atoms with Crippen LogP contribution in [0.4, 0.5) is 5.69 Å². The van der Waals surface area contributed by atoms with Crippen LogP contribution in [0.2, 0.25) is 10.0 Å². The molecule has 0 bridgehead atoms. The molecule has 0 aliphatic carbocycles. The summed E-state index contributed by atoms with van der Waals surface area (Å²) in [5.74, 6) is 0.554. The van der Waals surface area contributed by atoms with E-state index in [1.165, 1.54) is 28.8 Å². The van der Waals surface area contributed by atoms with Crippen LogP contribution in [0.5, 0.6) is 0 Å². The van der Waals surface area contributed by atoms with Crippen LogP contribution in [-0.4, -0.2) is 35.0 Å². The van der Waals surface area contributed by atoms with E-state index >= 15 is 0 Å². The van der Waals surface area contributed by atoms with Crippen molar-refractivity contribution in [3.63, 3.8) is 0 Å². The maximum Gasteiger partial charge on any atom is 0.288 e. The Kier molecular flexibility index (Phi) is 5.08. The smallest absolute Gasteiger partial charge is 0.288 e. The Hall–Kier alpha value is -2.29. The fourth-order valence-corrected chi connectivity index (χ4v) is 3.77. The Balaban J connectivity index is 1.97. The van der Waals surface area contributed by atoms with Gasteiger partial charge in [-0.15, -0.1) is 0 Å². The number of hydrogen-bond acceptors (Lipinski definition) is 6. The highest BCUT2D eigenvalue weighted by atomic mass is 35.5. The Morgan fingerprint density at radius 3 is 2.65 bits per heavy atom. The number of carbonyl (C=O) groups is 1. The predicted molar refractivity (Wildman–Crippen MR) is 103 cm³/mol. The summed E-state index contributed by atoms with van der Waals surface area (Å²) in [6.07, 6.45) is 1.59. The van der Waals surface area contributed by atoms with Crippen molar-refractivity contribution in [3.8, 4) is 11.3 Å². The van der Waals surface area contributed by atoms with E-state index in [4.69, 9.17) is 27.6 Å². The van der Waals surface area contributed by atoms with Crippen LogP contribution in [-0.2, 0) is 4.79 Å². The first-order chi connectivity index (χ1) is 12.3. The molecule has 2 aromatic rings. The van der Waals surface area contributed by atoms with Gasteiger partial charge in [0, 0.05) is 31.8 Å². The van der Waals surface area contributed by atoms with Crippen LogP contribution in [0.25, 0.3) is 17.4 Å². The number of hydrogen-bond donors (Lipinski definition) is 0. The van der Waals surface area contributed by atoms with E-state index in [1.807, 2.05) is 0 Å². The molecule has 1 aromatic heterocycles. The van der Waals surface area contributed by atoms with E-state index in [2.05, 4.69) is 4.99 Å². The van der Waals surface area contributed by atoms with E-state index in [0.29, 0.717) is 27.2 Å². The number of benzene rings is 1. The van der Waals surface area contributed by atoms with Gasteiger partial charge in [0.05, 0.1) is 14.9 Å². The first-order valence-corrected chi connectivity index (χ1v) is 8.77. The van der Waals surface area contributed by atoms with Crippen LogP contribution < -0.4 is 0 Å². The second-order valence-corrected chi connectivity index (χ2v) is 7.05. The van der Waals surface area contributed by atoms with Crippen LogP contribution in [0.1, 0.15) is 5.76 Å². The van der Waals surface area contributed by atoms with E-state index in [0.717, 1.165) is 0 Å². The van der Waals surface area contributed by atoms with Gasteiger partial charge in [-0.25, -0.2) is 0 Å². The number of rotatable bonds is 3. The van der Waals surface area contributed by atoms with Gasteiger partial charge in [-0.2, -0.15) is 0 Å². The molecule has 1 aliphatic heterocycles. The predicted octanol–water partition coefficient (Wildman–Crippen LogP) is 4.69. The summed E-state index contributed by atoms with van der Waals surface area (Å²) in [6.45, 7) is 0. The zero-order valence-electron chi connectivity index (χ0n) is 13.5. The molecule has 1 aliphatic rings. The monoisotopic (exact) mass is 411 g/mol. The minimum Gasteiger partial charge on any atom is -0.457 e. The fraction of sp³-hybridized carbons (Fsp3) is 0.125. The van der Waals surface area contributed by atoms with Crippen LogP contribution >= 0.6 is 35.0 Å². The maximum atomic E-state index is 12.2. The number of thioether (sulfide) groups is 1. The van der Waals surface area contributed by atoms with Gasteiger partial charge in [-0.3, -0.25) is 24.8 Å². The van der Waals surface area contributed by atoms with Gasteiger partial charge in [-0.1, -0.05) is 23.2 Å². The molecule has 0 saturated carbocycles. The second-order valence-electron chi connectivity index (χ2n) is 5.22. The Morgan fingerprint density at radius 1 is 1.31 bits per heavy atom. The number of amides is 1. The number of nitro benzene ring substituents is 1. The molecule has 1 saturated heterocycles. The topological polar surface area (TPSA) is 89.0 Å². The molecule has 0 radical (unpaired) electrons.